The standard InChI is InChI=1S/C11H13NO3/c1-12-7-10(11(13)14-2)15-9-6-4-3-5-8(9)12/h3-6,10H,7H2,1-2H3/t10-/m1/s1. The first-order valence-corrected chi connectivity index (χ1v) is 4.77. The van der Waals surface area contributed by atoms with Crippen LogP contribution in [-0.4, -0.2) is 32.8 Å². The van der Waals surface area contributed by atoms with Gasteiger partial charge in [-0.15, -0.1) is 0 Å². The van der Waals surface area contributed by atoms with Crippen molar-refractivity contribution in [1.29, 1.82) is 0 Å². The summed E-state index contributed by atoms with van der Waals surface area (Å²) in [5.74, 6) is 0.387. The number of carbonyl (C=O) groups is 1. The molecule has 0 aliphatic carbocycles. The highest BCUT2D eigenvalue weighted by Crippen LogP contribution is 2.31. The van der Waals surface area contributed by atoms with Crippen molar-refractivity contribution in [2.45, 2.75) is 6.10 Å². The Hall–Kier alpha value is -1.71. The van der Waals surface area contributed by atoms with E-state index in [1.165, 1.54) is 7.11 Å². The number of esters is 1. The fourth-order valence-electron chi connectivity index (χ4n) is 1.66. The van der Waals surface area contributed by atoms with E-state index in [9.17, 15) is 4.79 Å². The number of anilines is 1. The number of rotatable bonds is 1. The Morgan fingerprint density at radius 1 is 1.53 bits per heavy atom. The molecule has 4 heteroatoms. The number of ether oxygens (including phenoxy) is 2. The first kappa shape index (κ1) is 9.83. The van der Waals surface area contributed by atoms with Gasteiger partial charge in [-0.2, -0.15) is 0 Å². The summed E-state index contributed by atoms with van der Waals surface area (Å²) in [5.41, 5.74) is 0.998. The van der Waals surface area contributed by atoms with Crippen LogP contribution in [0.4, 0.5) is 5.69 Å². The van der Waals surface area contributed by atoms with Gasteiger partial charge in [0.1, 0.15) is 5.75 Å². The first-order valence-electron chi connectivity index (χ1n) is 4.77. The zero-order valence-corrected chi connectivity index (χ0v) is 8.77. The molecular weight excluding hydrogens is 194 g/mol. The second-order valence-corrected chi connectivity index (χ2v) is 3.48. The van der Waals surface area contributed by atoms with E-state index < -0.39 is 6.10 Å². The van der Waals surface area contributed by atoms with Crippen LogP contribution in [0, 0.1) is 0 Å². The van der Waals surface area contributed by atoms with Gasteiger partial charge in [0, 0.05) is 7.05 Å². The minimum Gasteiger partial charge on any atom is -0.475 e. The highest BCUT2D eigenvalue weighted by Gasteiger charge is 2.29. The average molecular weight is 207 g/mol. The third-order valence-electron chi connectivity index (χ3n) is 2.45. The molecule has 0 saturated carbocycles. The molecule has 1 aliphatic rings. The Balaban J connectivity index is 2.26. The highest BCUT2D eigenvalue weighted by molar-refractivity contribution is 5.77. The lowest BCUT2D eigenvalue weighted by Gasteiger charge is -2.32. The van der Waals surface area contributed by atoms with Gasteiger partial charge in [-0.05, 0) is 12.1 Å². The molecule has 0 N–H and O–H groups in total. The number of carbonyl (C=O) groups excluding carboxylic acids is 1. The van der Waals surface area contributed by atoms with Crippen LogP contribution in [0.1, 0.15) is 0 Å². The average Bonchev–Trinajstić information content (AvgIpc) is 2.28. The predicted octanol–water partition coefficient (Wildman–Crippen LogP) is 1.06. The van der Waals surface area contributed by atoms with Crippen LogP contribution in [0.3, 0.4) is 0 Å². The van der Waals surface area contributed by atoms with E-state index in [1.807, 2.05) is 36.2 Å². The molecule has 0 unspecified atom stereocenters. The van der Waals surface area contributed by atoms with E-state index in [4.69, 9.17) is 4.74 Å². The van der Waals surface area contributed by atoms with Gasteiger partial charge in [-0.1, -0.05) is 12.1 Å². The molecule has 1 aromatic carbocycles. The number of hydrogen-bond acceptors (Lipinski definition) is 4. The third kappa shape index (κ3) is 1.75. The number of hydrogen-bond donors (Lipinski definition) is 0. The fraction of sp³-hybridized carbons (Fsp3) is 0.364. The summed E-state index contributed by atoms with van der Waals surface area (Å²) < 4.78 is 10.2. The summed E-state index contributed by atoms with van der Waals surface area (Å²) in [5, 5.41) is 0. The summed E-state index contributed by atoms with van der Waals surface area (Å²) in [6.45, 7) is 0.518. The quantitative estimate of drug-likeness (QED) is 0.645. The smallest absolute Gasteiger partial charge is 0.348 e. The zero-order valence-electron chi connectivity index (χ0n) is 8.77. The number of para-hydroxylation sites is 2. The van der Waals surface area contributed by atoms with E-state index in [0.717, 1.165) is 11.4 Å². The number of nitrogens with zero attached hydrogens (tertiary/aromatic N) is 1. The molecule has 15 heavy (non-hydrogen) atoms. The molecule has 0 amide bonds. The first-order chi connectivity index (χ1) is 7.22. The van der Waals surface area contributed by atoms with Crippen molar-refractivity contribution < 1.29 is 14.3 Å². The minimum atomic E-state index is -0.533. The maximum absolute atomic E-state index is 11.3. The molecule has 1 aliphatic heterocycles. The Labute approximate surface area is 88.4 Å². The zero-order chi connectivity index (χ0) is 10.8. The lowest BCUT2D eigenvalue weighted by Crippen LogP contribution is -2.43. The van der Waals surface area contributed by atoms with Crippen LogP contribution in [-0.2, 0) is 9.53 Å². The summed E-state index contributed by atoms with van der Waals surface area (Å²) in [7, 11) is 3.30. The molecule has 0 aromatic heterocycles. The van der Waals surface area contributed by atoms with E-state index in [2.05, 4.69) is 4.74 Å². The van der Waals surface area contributed by atoms with Gasteiger partial charge in [0.2, 0.25) is 6.10 Å². The molecular formula is C11H13NO3. The molecule has 1 atom stereocenters. The van der Waals surface area contributed by atoms with Crippen molar-refractivity contribution in [2.24, 2.45) is 0 Å². The monoisotopic (exact) mass is 207 g/mol. The number of likely N-dealkylation sites (N-methyl/N-ethyl adjacent to an activating group) is 1. The predicted molar refractivity (Wildman–Crippen MR) is 56.1 cm³/mol. The van der Waals surface area contributed by atoms with Gasteiger partial charge < -0.3 is 14.4 Å². The normalized spacial score (nSPS) is 19.1. The highest BCUT2D eigenvalue weighted by atomic mass is 16.6. The molecule has 0 bridgehead atoms. The van der Waals surface area contributed by atoms with Crippen molar-refractivity contribution in [3.63, 3.8) is 0 Å². The summed E-state index contributed by atoms with van der Waals surface area (Å²) in [6, 6.07) is 7.63. The van der Waals surface area contributed by atoms with E-state index >= 15 is 0 Å². The number of benzene rings is 1. The van der Waals surface area contributed by atoms with E-state index in [1.54, 1.807) is 0 Å². The van der Waals surface area contributed by atoms with Crippen LogP contribution in [0.25, 0.3) is 0 Å². The fourth-order valence-corrected chi connectivity index (χ4v) is 1.66. The summed E-state index contributed by atoms with van der Waals surface area (Å²) in [6.07, 6.45) is -0.533. The molecule has 0 spiro atoms. The van der Waals surface area contributed by atoms with Gasteiger partial charge in [0.05, 0.1) is 19.3 Å². The molecule has 1 heterocycles. The molecule has 80 valence electrons. The van der Waals surface area contributed by atoms with Gasteiger partial charge in [-0.25, -0.2) is 4.79 Å². The van der Waals surface area contributed by atoms with E-state index in [0.29, 0.717) is 6.54 Å². The van der Waals surface area contributed by atoms with Crippen LogP contribution < -0.4 is 9.64 Å². The van der Waals surface area contributed by atoms with Gasteiger partial charge in [-0.3, -0.25) is 0 Å². The summed E-state index contributed by atoms with van der Waals surface area (Å²) in [4.78, 5) is 13.3. The molecule has 1 aromatic rings. The SMILES string of the molecule is COC(=O)[C@H]1CN(C)c2ccccc2O1. The van der Waals surface area contributed by atoms with Crippen LogP contribution >= 0.6 is 0 Å². The van der Waals surface area contributed by atoms with Gasteiger partial charge in [0.25, 0.3) is 0 Å². The molecule has 2 rings (SSSR count). The maximum atomic E-state index is 11.3. The minimum absolute atomic E-state index is 0.337. The molecule has 0 saturated heterocycles. The molecule has 0 fully saturated rings. The van der Waals surface area contributed by atoms with Gasteiger partial charge in [0.15, 0.2) is 0 Å². The Morgan fingerprint density at radius 2 is 2.27 bits per heavy atom. The topological polar surface area (TPSA) is 38.8 Å². The second kappa shape index (κ2) is 3.81. The van der Waals surface area contributed by atoms with Crippen molar-refractivity contribution >= 4 is 11.7 Å². The Bertz CT molecular complexity index is 378. The lowest BCUT2D eigenvalue weighted by atomic mass is 10.2. The molecule has 4 nitrogen and oxygen atoms in total. The lowest BCUT2D eigenvalue weighted by molar-refractivity contribution is -0.148. The van der Waals surface area contributed by atoms with Gasteiger partial charge >= 0.3 is 5.97 Å². The Morgan fingerprint density at radius 3 is 3.00 bits per heavy atom. The van der Waals surface area contributed by atoms with Crippen LogP contribution in [0.5, 0.6) is 5.75 Å². The third-order valence-corrected chi connectivity index (χ3v) is 2.45. The van der Waals surface area contributed by atoms with Crippen molar-refractivity contribution in [3.8, 4) is 5.75 Å². The summed E-state index contributed by atoms with van der Waals surface area (Å²) >= 11 is 0. The number of fused-ring (bicyclic) bond motifs is 1. The van der Waals surface area contributed by atoms with Crippen molar-refractivity contribution in [2.75, 3.05) is 25.6 Å². The maximum Gasteiger partial charge on any atom is 0.348 e. The van der Waals surface area contributed by atoms with Crippen molar-refractivity contribution in [1.82, 2.24) is 0 Å². The largest absolute Gasteiger partial charge is 0.475 e. The van der Waals surface area contributed by atoms with Crippen LogP contribution in [0.15, 0.2) is 24.3 Å². The van der Waals surface area contributed by atoms with E-state index in [-0.39, 0.29) is 5.97 Å². The Kier molecular flexibility index (Phi) is 2.49. The molecule has 0 radical (unpaired) electrons. The van der Waals surface area contributed by atoms with Crippen LogP contribution in [0.2, 0.25) is 0 Å². The number of methoxy groups -OCH3 is 1. The second-order valence-electron chi connectivity index (χ2n) is 3.48. The van der Waals surface area contributed by atoms with Crippen molar-refractivity contribution in [3.05, 3.63) is 24.3 Å².